The number of hydrogen-bond donors (Lipinski definition) is 0. The van der Waals surface area contributed by atoms with Gasteiger partial charge in [-0.05, 0) is 81.4 Å². The number of rotatable bonds is 6. The molecule has 250 valence electrons. The van der Waals surface area contributed by atoms with Crippen LogP contribution in [0.3, 0.4) is 0 Å². The van der Waals surface area contributed by atoms with Crippen LogP contribution in [0.4, 0.5) is 0 Å². The minimum atomic E-state index is -0.269. The number of nitriles is 1. The molecule has 5 nitrogen and oxygen atoms in total. The highest BCUT2D eigenvalue weighted by atomic mass is 15.0. The fourth-order valence-corrected chi connectivity index (χ4v) is 7.36. The summed E-state index contributed by atoms with van der Waals surface area (Å²) in [5.74, 6) is 1.82. The molecule has 0 unspecified atom stereocenters. The number of benzene rings is 6. The zero-order valence-corrected chi connectivity index (χ0v) is 29.3. The number of fused-ring (bicyclic) bond motifs is 3. The van der Waals surface area contributed by atoms with Crippen molar-refractivity contribution in [3.63, 3.8) is 0 Å². The molecule has 1 aliphatic carbocycles. The number of pyridine rings is 1. The van der Waals surface area contributed by atoms with Gasteiger partial charge in [0.1, 0.15) is 0 Å². The number of aromatic nitrogens is 4. The monoisotopic (exact) mass is 679 g/mol. The average Bonchev–Trinajstić information content (AvgIpc) is 3.46. The second-order valence-corrected chi connectivity index (χ2v) is 13.9. The number of nitrogens with zero attached hydrogens (tertiary/aromatic N) is 5. The molecule has 9 rings (SSSR count). The quantitative estimate of drug-likeness (QED) is 0.175. The van der Waals surface area contributed by atoms with Gasteiger partial charge in [0.05, 0.1) is 17.3 Å². The van der Waals surface area contributed by atoms with E-state index in [9.17, 15) is 5.26 Å². The molecule has 5 heteroatoms. The SMILES string of the molecule is CC1(C)c2cc(C#N)ccc2-c2ccc(-c3cc(-c4ccc(-c5ccccc5)nc4)cc(-c4nc(-c5ccccc5)nc(-c5ccccc5)n4)c3)cc21. The van der Waals surface area contributed by atoms with Gasteiger partial charge in [0.25, 0.3) is 0 Å². The first-order valence-electron chi connectivity index (χ1n) is 17.7. The van der Waals surface area contributed by atoms with Crippen LogP contribution in [-0.2, 0) is 5.41 Å². The maximum atomic E-state index is 9.66. The van der Waals surface area contributed by atoms with Crippen molar-refractivity contribution in [2.45, 2.75) is 19.3 Å². The van der Waals surface area contributed by atoms with E-state index in [4.69, 9.17) is 19.9 Å². The summed E-state index contributed by atoms with van der Waals surface area (Å²) in [5, 5.41) is 9.66. The van der Waals surface area contributed by atoms with E-state index in [1.807, 2.05) is 97.2 Å². The van der Waals surface area contributed by atoms with Crippen LogP contribution in [0.1, 0.15) is 30.5 Å². The molecule has 0 aliphatic heterocycles. The number of hydrogen-bond acceptors (Lipinski definition) is 5. The molecule has 2 heterocycles. The highest BCUT2D eigenvalue weighted by Gasteiger charge is 2.36. The highest BCUT2D eigenvalue weighted by Crippen LogP contribution is 2.50. The second-order valence-electron chi connectivity index (χ2n) is 13.9. The molecular weight excluding hydrogens is 647 g/mol. The van der Waals surface area contributed by atoms with Crippen LogP contribution in [0.5, 0.6) is 0 Å². The van der Waals surface area contributed by atoms with Gasteiger partial charge in [0, 0.05) is 39.4 Å². The van der Waals surface area contributed by atoms with Gasteiger partial charge in [-0.1, -0.05) is 129 Å². The van der Waals surface area contributed by atoms with E-state index in [0.717, 1.165) is 50.2 Å². The zero-order valence-electron chi connectivity index (χ0n) is 29.3. The summed E-state index contributed by atoms with van der Waals surface area (Å²) in [4.78, 5) is 20.0. The van der Waals surface area contributed by atoms with Gasteiger partial charge in [-0.25, -0.2) is 15.0 Å². The fourth-order valence-electron chi connectivity index (χ4n) is 7.36. The van der Waals surface area contributed by atoms with Gasteiger partial charge in [-0.3, -0.25) is 4.98 Å². The normalized spacial score (nSPS) is 12.5. The molecule has 0 atom stereocenters. The Hall–Kier alpha value is -7.03. The van der Waals surface area contributed by atoms with Gasteiger partial charge in [0.15, 0.2) is 17.5 Å². The molecule has 0 amide bonds. The Labute approximate surface area is 309 Å². The van der Waals surface area contributed by atoms with Crippen LogP contribution in [-0.4, -0.2) is 19.9 Å². The maximum Gasteiger partial charge on any atom is 0.164 e. The average molecular weight is 680 g/mol. The van der Waals surface area contributed by atoms with Crippen molar-refractivity contribution >= 4 is 0 Å². The minimum absolute atomic E-state index is 0.269. The van der Waals surface area contributed by atoms with E-state index in [-0.39, 0.29) is 5.41 Å². The smallest absolute Gasteiger partial charge is 0.164 e. The Morgan fingerprint density at radius 2 is 0.925 bits per heavy atom. The molecule has 53 heavy (non-hydrogen) atoms. The van der Waals surface area contributed by atoms with Gasteiger partial charge in [0.2, 0.25) is 0 Å². The third-order valence-electron chi connectivity index (χ3n) is 10.2. The Morgan fingerprint density at radius 1 is 0.434 bits per heavy atom. The molecule has 0 saturated heterocycles. The van der Waals surface area contributed by atoms with E-state index in [1.54, 1.807) is 0 Å². The Balaban J connectivity index is 1.22. The molecular formula is C48H33N5. The molecule has 0 spiro atoms. The molecule has 0 N–H and O–H groups in total. The second kappa shape index (κ2) is 12.9. The van der Waals surface area contributed by atoms with Crippen molar-refractivity contribution in [1.82, 2.24) is 19.9 Å². The van der Waals surface area contributed by atoms with Crippen LogP contribution in [0.2, 0.25) is 0 Å². The van der Waals surface area contributed by atoms with Gasteiger partial charge in [-0.15, -0.1) is 0 Å². The lowest BCUT2D eigenvalue weighted by atomic mass is 9.81. The van der Waals surface area contributed by atoms with E-state index >= 15 is 0 Å². The molecule has 0 bridgehead atoms. The van der Waals surface area contributed by atoms with E-state index < -0.39 is 0 Å². The maximum absolute atomic E-state index is 9.66. The molecule has 2 aromatic heterocycles. The molecule has 6 aromatic carbocycles. The predicted octanol–water partition coefficient (Wildman–Crippen LogP) is 11.4. The molecule has 8 aromatic rings. The van der Waals surface area contributed by atoms with Crippen molar-refractivity contribution in [1.29, 1.82) is 5.26 Å². The van der Waals surface area contributed by atoms with Crippen molar-refractivity contribution in [2.75, 3.05) is 0 Å². The third kappa shape index (κ3) is 5.87. The van der Waals surface area contributed by atoms with E-state index in [2.05, 4.69) is 86.6 Å². The molecule has 1 aliphatic rings. The summed E-state index contributed by atoms with van der Waals surface area (Å²) in [6, 6.07) is 56.2. The summed E-state index contributed by atoms with van der Waals surface area (Å²) in [5.41, 5.74) is 14.0. The van der Waals surface area contributed by atoms with E-state index in [1.165, 1.54) is 22.3 Å². The van der Waals surface area contributed by atoms with Gasteiger partial charge in [-0.2, -0.15) is 5.26 Å². The molecule has 0 radical (unpaired) electrons. The summed E-state index contributed by atoms with van der Waals surface area (Å²) in [6.07, 6.45) is 1.94. The third-order valence-corrected chi connectivity index (χ3v) is 10.2. The highest BCUT2D eigenvalue weighted by molar-refractivity contribution is 5.86. The predicted molar refractivity (Wildman–Crippen MR) is 213 cm³/mol. The first-order chi connectivity index (χ1) is 25.9. The summed E-state index contributed by atoms with van der Waals surface area (Å²) < 4.78 is 0. The molecule has 0 saturated carbocycles. The minimum Gasteiger partial charge on any atom is -0.256 e. The first kappa shape index (κ1) is 31.9. The van der Waals surface area contributed by atoms with E-state index in [0.29, 0.717) is 23.0 Å². The van der Waals surface area contributed by atoms with Crippen molar-refractivity contribution in [2.24, 2.45) is 0 Å². The lowest BCUT2D eigenvalue weighted by Crippen LogP contribution is -2.15. The van der Waals surface area contributed by atoms with Crippen LogP contribution in [0, 0.1) is 11.3 Å². The fraction of sp³-hybridized carbons (Fsp3) is 0.0625. The van der Waals surface area contributed by atoms with Gasteiger partial charge >= 0.3 is 0 Å². The zero-order chi connectivity index (χ0) is 35.9. The Morgan fingerprint density at radius 3 is 1.49 bits per heavy atom. The summed E-state index contributed by atoms with van der Waals surface area (Å²) in [6.45, 7) is 4.48. The Kier molecular flexibility index (Phi) is 7.79. The van der Waals surface area contributed by atoms with Crippen molar-refractivity contribution < 1.29 is 0 Å². The standard InChI is InChI=1S/C48H33N5/c1-48(2)42-24-31(29-49)18-21-40(42)41-22-19-35(28-43(41)48)37-25-38(36-20-23-44(50-30-36)32-12-6-3-7-13-32)27-39(26-37)47-52-45(33-14-8-4-9-15-33)51-46(53-47)34-16-10-5-11-17-34/h3-28,30H,1-2H3. The van der Waals surface area contributed by atoms with Gasteiger partial charge < -0.3 is 0 Å². The topological polar surface area (TPSA) is 75.3 Å². The first-order valence-corrected chi connectivity index (χ1v) is 17.7. The lowest BCUT2D eigenvalue weighted by molar-refractivity contribution is 0.660. The van der Waals surface area contributed by atoms with Crippen LogP contribution in [0.25, 0.3) is 78.8 Å². The Bertz CT molecular complexity index is 2620. The summed E-state index contributed by atoms with van der Waals surface area (Å²) in [7, 11) is 0. The molecule has 0 fully saturated rings. The largest absolute Gasteiger partial charge is 0.256 e. The van der Waals surface area contributed by atoms with Crippen LogP contribution >= 0.6 is 0 Å². The van der Waals surface area contributed by atoms with Crippen LogP contribution < -0.4 is 0 Å². The summed E-state index contributed by atoms with van der Waals surface area (Å²) >= 11 is 0. The van der Waals surface area contributed by atoms with Crippen molar-refractivity contribution in [3.8, 4) is 84.9 Å². The van der Waals surface area contributed by atoms with Crippen LogP contribution in [0.15, 0.2) is 164 Å². The van der Waals surface area contributed by atoms with Crippen molar-refractivity contribution in [3.05, 3.63) is 181 Å². The lowest BCUT2D eigenvalue weighted by Gasteiger charge is -2.22.